The minimum atomic E-state index is -1.06. The van der Waals surface area contributed by atoms with Crippen molar-refractivity contribution in [3.05, 3.63) is 92.9 Å². The van der Waals surface area contributed by atoms with Gasteiger partial charge in [-0.25, -0.2) is 4.79 Å². The van der Waals surface area contributed by atoms with Crippen LogP contribution in [-0.2, 0) is 11.3 Å². The Labute approximate surface area is 202 Å². The van der Waals surface area contributed by atoms with Gasteiger partial charge in [0.15, 0.2) is 5.69 Å². The number of nitrogens with one attached hydrogen (secondary N) is 1. The molecule has 0 bridgehead atoms. The van der Waals surface area contributed by atoms with Crippen molar-refractivity contribution in [3.8, 4) is 5.75 Å². The summed E-state index contributed by atoms with van der Waals surface area (Å²) in [5, 5.41) is 12.6. The SMILES string of the molecule is COc1ccn(Cc2ccccc2Cl)c(=O)c1N(C)C(=O)N[C@@H](CC(=O)O)c1ccc(C)cc1. The molecule has 8 nitrogen and oxygen atoms in total. The fourth-order valence-electron chi connectivity index (χ4n) is 3.53. The van der Waals surface area contributed by atoms with E-state index in [1.165, 1.54) is 18.7 Å². The summed E-state index contributed by atoms with van der Waals surface area (Å²) in [5.74, 6) is -0.851. The number of hydrogen-bond acceptors (Lipinski definition) is 4. The Morgan fingerprint density at radius 1 is 1.15 bits per heavy atom. The number of ether oxygens (including phenoxy) is 1. The Balaban J connectivity index is 1.92. The lowest BCUT2D eigenvalue weighted by Gasteiger charge is -2.24. The van der Waals surface area contributed by atoms with Crippen molar-refractivity contribution in [2.24, 2.45) is 0 Å². The number of benzene rings is 2. The summed E-state index contributed by atoms with van der Waals surface area (Å²) in [5.41, 5.74) is 1.96. The zero-order valence-electron chi connectivity index (χ0n) is 19.1. The van der Waals surface area contributed by atoms with Crippen molar-refractivity contribution < 1.29 is 19.4 Å². The molecule has 2 N–H and O–H groups in total. The number of methoxy groups -OCH3 is 1. The second-order valence-corrected chi connectivity index (χ2v) is 8.23. The van der Waals surface area contributed by atoms with Gasteiger partial charge in [-0.2, -0.15) is 0 Å². The Kier molecular flexibility index (Phi) is 7.96. The summed E-state index contributed by atoms with van der Waals surface area (Å²) in [6.07, 6.45) is 1.25. The lowest BCUT2D eigenvalue weighted by molar-refractivity contribution is -0.137. The number of hydrogen-bond donors (Lipinski definition) is 2. The third-order valence-corrected chi connectivity index (χ3v) is 5.79. The van der Waals surface area contributed by atoms with E-state index in [4.69, 9.17) is 16.3 Å². The minimum Gasteiger partial charge on any atom is -0.494 e. The van der Waals surface area contributed by atoms with Crippen LogP contribution in [0.1, 0.15) is 29.2 Å². The van der Waals surface area contributed by atoms with Gasteiger partial charge in [-0.1, -0.05) is 59.6 Å². The third-order valence-electron chi connectivity index (χ3n) is 5.42. The van der Waals surface area contributed by atoms with Crippen LogP contribution in [0.15, 0.2) is 65.6 Å². The number of carbonyl (C=O) groups excluding carboxylic acids is 1. The van der Waals surface area contributed by atoms with Gasteiger partial charge >= 0.3 is 12.0 Å². The number of aliphatic carboxylic acids is 1. The van der Waals surface area contributed by atoms with E-state index in [1.54, 1.807) is 36.5 Å². The molecule has 0 spiro atoms. The predicted octanol–water partition coefficient (Wildman–Crippen LogP) is 4.23. The summed E-state index contributed by atoms with van der Waals surface area (Å²) in [6.45, 7) is 2.12. The van der Waals surface area contributed by atoms with E-state index in [-0.39, 0.29) is 24.4 Å². The van der Waals surface area contributed by atoms with Gasteiger partial charge in [-0.05, 0) is 30.2 Å². The Hall–Kier alpha value is -3.78. The minimum absolute atomic E-state index is 0.0209. The van der Waals surface area contributed by atoms with Crippen LogP contribution in [0.2, 0.25) is 5.02 Å². The topological polar surface area (TPSA) is 101 Å². The number of carboxylic acid groups (broad SMARTS) is 1. The van der Waals surface area contributed by atoms with E-state index >= 15 is 0 Å². The normalized spacial score (nSPS) is 11.5. The molecule has 0 fully saturated rings. The molecule has 0 saturated heterocycles. The van der Waals surface area contributed by atoms with Crippen molar-refractivity contribution in [1.29, 1.82) is 0 Å². The molecule has 0 saturated carbocycles. The fraction of sp³-hybridized carbons (Fsp3) is 0.240. The number of carbonyl (C=O) groups is 2. The van der Waals surface area contributed by atoms with Crippen LogP contribution in [0.3, 0.4) is 0 Å². The number of urea groups is 1. The summed E-state index contributed by atoms with van der Waals surface area (Å²) >= 11 is 6.24. The zero-order chi connectivity index (χ0) is 24.8. The summed E-state index contributed by atoms with van der Waals surface area (Å²) in [4.78, 5) is 39.0. The van der Waals surface area contributed by atoms with Crippen molar-refractivity contribution in [1.82, 2.24) is 9.88 Å². The smallest absolute Gasteiger partial charge is 0.322 e. The fourth-order valence-corrected chi connectivity index (χ4v) is 3.72. The number of aromatic nitrogens is 1. The molecular weight excluding hydrogens is 458 g/mol. The van der Waals surface area contributed by atoms with Crippen molar-refractivity contribution in [2.45, 2.75) is 25.9 Å². The first kappa shape index (κ1) is 24.9. The van der Waals surface area contributed by atoms with Gasteiger partial charge < -0.3 is 19.7 Å². The van der Waals surface area contributed by atoms with Crippen LogP contribution in [0, 0.1) is 6.92 Å². The molecule has 0 radical (unpaired) electrons. The zero-order valence-corrected chi connectivity index (χ0v) is 19.9. The maximum atomic E-state index is 13.3. The number of amides is 2. The van der Waals surface area contributed by atoms with Crippen LogP contribution in [0.25, 0.3) is 0 Å². The van der Waals surface area contributed by atoms with Gasteiger partial charge in [-0.3, -0.25) is 14.5 Å². The Bertz CT molecular complexity index is 1240. The molecule has 2 aromatic carbocycles. The molecule has 3 aromatic rings. The summed E-state index contributed by atoms with van der Waals surface area (Å²) in [7, 11) is 2.84. The number of nitrogens with zero attached hydrogens (tertiary/aromatic N) is 2. The van der Waals surface area contributed by atoms with Crippen LogP contribution in [0.4, 0.5) is 10.5 Å². The quantitative estimate of drug-likeness (QED) is 0.499. The maximum absolute atomic E-state index is 13.3. The van der Waals surface area contributed by atoms with Crippen LogP contribution >= 0.6 is 11.6 Å². The first-order valence-electron chi connectivity index (χ1n) is 10.5. The van der Waals surface area contributed by atoms with Crippen molar-refractivity contribution >= 4 is 29.3 Å². The Morgan fingerprint density at radius 3 is 2.44 bits per heavy atom. The highest BCUT2D eigenvalue weighted by molar-refractivity contribution is 6.31. The largest absolute Gasteiger partial charge is 0.494 e. The molecule has 3 rings (SSSR count). The van der Waals surface area contributed by atoms with E-state index in [9.17, 15) is 19.5 Å². The number of pyridine rings is 1. The van der Waals surface area contributed by atoms with E-state index in [1.807, 2.05) is 31.2 Å². The summed E-state index contributed by atoms with van der Waals surface area (Å²) < 4.78 is 6.77. The molecule has 0 aliphatic heterocycles. The predicted molar refractivity (Wildman–Crippen MR) is 131 cm³/mol. The molecule has 34 heavy (non-hydrogen) atoms. The first-order valence-corrected chi connectivity index (χ1v) is 10.9. The highest BCUT2D eigenvalue weighted by Gasteiger charge is 2.25. The van der Waals surface area contributed by atoms with E-state index in [0.717, 1.165) is 16.0 Å². The molecule has 2 amide bonds. The van der Waals surface area contributed by atoms with Gasteiger partial charge in [0.2, 0.25) is 0 Å². The van der Waals surface area contributed by atoms with Gasteiger partial charge in [0, 0.05) is 18.3 Å². The number of rotatable bonds is 8. The van der Waals surface area contributed by atoms with E-state index < -0.39 is 23.6 Å². The second-order valence-electron chi connectivity index (χ2n) is 7.83. The highest BCUT2D eigenvalue weighted by Crippen LogP contribution is 2.25. The van der Waals surface area contributed by atoms with Crippen LogP contribution in [-0.4, -0.2) is 35.8 Å². The average Bonchev–Trinajstić information content (AvgIpc) is 2.80. The number of aryl methyl sites for hydroxylation is 1. The lowest BCUT2D eigenvalue weighted by Crippen LogP contribution is -2.43. The molecule has 0 aliphatic rings. The molecular formula is C25H26ClN3O5. The second kappa shape index (κ2) is 10.9. The number of halogens is 1. The van der Waals surface area contributed by atoms with Crippen LogP contribution < -0.4 is 20.5 Å². The van der Waals surface area contributed by atoms with Gasteiger partial charge in [0.25, 0.3) is 5.56 Å². The standard InChI is InChI=1S/C25H26ClN3O5/c1-16-8-10-17(11-9-16)20(14-22(30)31)27-25(33)28(2)23-21(34-3)12-13-29(24(23)32)15-18-6-4-5-7-19(18)26/h4-13,20H,14-15H2,1-3H3,(H,27,33)(H,30,31)/t20-/m0/s1. The maximum Gasteiger partial charge on any atom is 0.322 e. The Morgan fingerprint density at radius 2 is 1.82 bits per heavy atom. The van der Waals surface area contributed by atoms with Gasteiger partial charge in [0.05, 0.1) is 26.1 Å². The molecule has 1 aromatic heterocycles. The van der Waals surface area contributed by atoms with Crippen LogP contribution in [0.5, 0.6) is 5.75 Å². The molecule has 1 atom stereocenters. The summed E-state index contributed by atoms with van der Waals surface area (Å²) in [6, 6.07) is 14.6. The highest BCUT2D eigenvalue weighted by atomic mass is 35.5. The lowest BCUT2D eigenvalue weighted by atomic mass is 10.0. The molecule has 0 unspecified atom stereocenters. The van der Waals surface area contributed by atoms with E-state index in [2.05, 4.69) is 5.32 Å². The van der Waals surface area contributed by atoms with Crippen molar-refractivity contribution in [3.63, 3.8) is 0 Å². The van der Waals surface area contributed by atoms with Gasteiger partial charge in [-0.15, -0.1) is 0 Å². The third kappa shape index (κ3) is 5.77. The van der Waals surface area contributed by atoms with E-state index in [0.29, 0.717) is 10.6 Å². The number of carboxylic acids is 1. The molecule has 0 aliphatic carbocycles. The number of anilines is 1. The molecule has 1 heterocycles. The van der Waals surface area contributed by atoms with Crippen molar-refractivity contribution in [2.75, 3.05) is 19.1 Å². The molecule has 9 heteroatoms. The molecule has 178 valence electrons. The monoisotopic (exact) mass is 483 g/mol. The average molecular weight is 484 g/mol. The van der Waals surface area contributed by atoms with Gasteiger partial charge in [0.1, 0.15) is 5.75 Å². The first-order chi connectivity index (χ1) is 16.2.